The van der Waals surface area contributed by atoms with Crippen LogP contribution in [0.15, 0.2) is 24.3 Å². The van der Waals surface area contributed by atoms with Gasteiger partial charge < -0.3 is 20.7 Å². The average molecular weight is 361 g/mol. The van der Waals surface area contributed by atoms with Gasteiger partial charge in [-0.1, -0.05) is 26.0 Å². The summed E-state index contributed by atoms with van der Waals surface area (Å²) in [5.74, 6) is -1.84. The van der Waals surface area contributed by atoms with Gasteiger partial charge >= 0.3 is 5.97 Å². The number of esters is 1. The van der Waals surface area contributed by atoms with Crippen LogP contribution in [0.2, 0.25) is 0 Å². The number of rotatable bonds is 6. The summed E-state index contributed by atoms with van der Waals surface area (Å²) in [4.78, 5) is 48.7. The Morgan fingerprint density at radius 1 is 1.23 bits per heavy atom. The SMILES string of the molecule is COC(=O)[C@H](CC(C)C)NC(=O)C[C@H]1NC(=O)c2ccccc2NC1=O. The van der Waals surface area contributed by atoms with Crippen LogP contribution in [0.3, 0.4) is 0 Å². The molecule has 1 aliphatic rings. The van der Waals surface area contributed by atoms with Crippen LogP contribution in [0.1, 0.15) is 37.0 Å². The minimum atomic E-state index is -1.03. The number of para-hydroxylation sites is 1. The van der Waals surface area contributed by atoms with Gasteiger partial charge in [-0.25, -0.2) is 4.79 Å². The number of nitrogens with one attached hydrogen (secondary N) is 3. The van der Waals surface area contributed by atoms with E-state index in [1.807, 2.05) is 13.8 Å². The monoisotopic (exact) mass is 361 g/mol. The van der Waals surface area contributed by atoms with Crippen molar-refractivity contribution in [2.24, 2.45) is 5.92 Å². The van der Waals surface area contributed by atoms with Gasteiger partial charge in [0.15, 0.2) is 0 Å². The van der Waals surface area contributed by atoms with E-state index in [9.17, 15) is 19.2 Å². The number of amides is 3. The standard InChI is InChI=1S/C18H23N3O5/c1-10(2)8-14(18(25)26-3)19-15(22)9-13-17(24)20-12-7-5-4-6-11(12)16(23)21-13/h4-7,10,13-14H,8-9H2,1-3H3,(H,19,22)(H,20,24)(H,21,23)/t13-,14+/m1/s1. The summed E-state index contributed by atoms with van der Waals surface area (Å²) in [7, 11) is 1.25. The van der Waals surface area contributed by atoms with Crippen LogP contribution in [0.4, 0.5) is 5.69 Å². The van der Waals surface area contributed by atoms with Crippen molar-refractivity contribution >= 4 is 29.4 Å². The van der Waals surface area contributed by atoms with Crippen molar-refractivity contribution in [2.45, 2.75) is 38.8 Å². The summed E-state index contributed by atoms with van der Waals surface area (Å²) >= 11 is 0. The predicted molar refractivity (Wildman–Crippen MR) is 94.3 cm³/mol. The molecule has 0 spiro atoms. The van der Waals surface area contributed by atoms with Crippen LogP contribution in [0.5, 0.6) is 0 Å². The van der Waals surface area contributed by atoms with Crippen molar-refractivity contribution in [3.05, 3.63) is 29.8 Å². The number of carbonyl (C=O) groups is 4. The second kappa shape index (κ2) is 8.46. The van der Waals surface area contributed by atoms with E-state index in [1.165, 1.54) is 7.11 Å². The third kappa shape index (κ3) is 4.81. The van der Waals surface area contributed by atoms with Crippen molar-refractivity contribution in [3.63, 3.8) is 0 Å². The van der Waals surface area contributed by atoms with E-state index in [0.29, 0.717) is 17.7 Å². The first-order valence-corrected chi connectivity index (χ1v) is 8.39. The first-order valence-electron chi connectivity index (χ1n) is 8.39. The average Bonchev–Trinajstić information content (AvgIpc) is 2.70. The molecule has 0 aliphatic carbocycles. The lowest BCUT2D eigenvalue weighted by molar-refractivity contribution is -0.145. The second-order valence-electron chi connectivity index (χ2n) is 6.54. The molecule has 8 nitrogen and oxygen atoms in total. The van der Waals surface area contributed by atoms with Gasteiger partial charge in [0.2, 0.25) is 11.8 Å². The van der Waals surface area contributed by atoms with E-state index in [0.717, 1.165) is 0 Å². The molecule has 1 aliphatic heterocycles. The van der Waals surface area contributed by atoms with Gasteiger partial charge in [0.1, 0.15) is 12.1 Å². The highest BCUT2D eigenvalue weighted by atomic mass is 16.5. The Hall–Kier alpha value is -2.90. The Morgan fingerprint density at radius 2 is 1.92 bits per heavy atom. The van der Waals surface area contributed by atoms with Crippen molar-refractivity contribution in [1.29, 1.82) is 0 Å². The fourth-order valence-corrected chi connectivity index (χ4v) is 2.72. The zero-order valence-corrected chi connectivity index (χ0v) is 15.0. The summed E-state index contributed by atoms with van der Waals surface area (Å²) in [5.41, 5.74) is 0.723. The minimum absolute atomic E-state index is 0.162. The Kier molecular flexibility index (Phi) is 6.32. The Labute approximate surface area is 151 Å². The fourth-order valence-electron chi connectivity index (χ4n) is 2.72. The molecule has 0 aromatic heterocycles. The lowest BCUT2D eigenvalue weighted by atomic mass is 10.0. The topological polar surface area (TPSA) is 114 Å². The van der Waals surface area contributed by atoms with Crippen molar-refractivity contribution in [3.8, 4) is 0 Å². The highest BCUT2D eigenvalue weighted by Crippen LogP contribution is 2.18. The number of carbonyl (C=O) groups excluding carboxylic acids is 4. The maximum absolute atomic E-state index is 12.3. The van der Waals surface area contributed by atoms with E-state index in [1.54, 1.807) is 24.3 Å². The number of hydrogen-bond donors (Lipinski definition) is 3. The van der Waals surface area contributed by atoms with Crippen LogP contribution in [-0.2, 0) is 19.1 Å². The van der Waals surface area contributed by atoms with Gasteiger partial charge in [-0.3, -0.25) is 14.4 Å². The third-order valence-corrected chi connectivity index (χ3v) is 3.97. The summed E-state index contributed by atoms with van der Waals surface area (Å²) < 4.78 is 4.70. The molecule has 2 rings (SSSR count). The molecule has 0 radical (unpaired) electrons. The lowest BCUT2D eigenvalue weighted by Crippen LogP contribution is -2.48. The summed E-state index contributed by atoms with van der Waals surface area (Å²) in [5, 5.41) is 7.76. The first-order chi connectivity index (χ1) is 12.3. The van der Waals surface area contributed by atoms with Gasteiger partial charge in [-0.05, 0) is 24.5 Å². The molecule has 26 heavy (non-hydrogen) atoms. The maximum Gasteiger partial charge on any atom is 0.328 e. The molecule has 0 bridgehead atoms. The zero-order valence-electron chi connectivity index (χ0n) is 15.0. The molecule has 3 amide bonds. The zero-order chi connectivity index (χ0) is 19.3. The van der Waals surface area contributed by atoms with Crippen LogP contribution in [-0.4, -0.2) is 42.9 Å². The van der Waals surface area contributed by atoms with Gasteiger partial charge in [0, 0.05) is 0 Å². The maximum atomic E-state index is 12.3. The molecule has 1 heterocycles. The predicted octanol–water partition coefficient (Wildman–Crippen LogP) is 0.831. The smallest absolute Gasteiger partial charge is 0.328 e. The van der Waals surface area contributed by atoms with E-state index < -0.39 is 35.8 Å². The summed E-state index contributed by atoms with van der Waals surface area (Å²) in [6.45, 7) is 3.83. The molecule has 3 N–H and O–H groups in total. The molecule has 1 aromatic carbocycles. The van der Waals surface area contributed by atoms with Gasteiger partial charge in [0.25, 0.3) is 5.91 Å². The van der Waals surface area contributed by atoms with E-state index >= 15 is 0 Å². The highest BCUT2D eigenvalue weighted by molar-refractivity contribution is 6.10. The summed E-state index contributed by atoms with van der Waals surface area (Å²) in [6, 6.07) is 4.76. The number of ether oxygens (including phenoxy) is 1. The molecule has 0 saturated heterocycles. The molecule has 2 atom stereocenters. The number of fused-ring (bicyclic) bond motifs is 1. The van der Waals surface area contributed by atoms with Gasteiger partial charge in [-0.2, -0.15) is 0 Å². The molecule has 0 saturated carbocycles. The number of anilines is 1. The molecule has 1 aromatic rings. The first kappa shape index (κ1) is 19.4. The molecule has 140 valence electrons. The summed E-state index contributed by atoms with van der Waals surface area (Å²) in [6.07, 6.45) is 0.129. The number of methoxy groups -OCH3 is 1. The highest BCUT2D eigenvalue weighted by Gasteiger charge is 2.31. The fraction of sp³-hybridized carbons (Fsp3) is 0.444. The minimum Gasteiger partial charge on any atom is -0.467 e. The molecular weight excluding hydrogens is 338 g/mol. The molecule has 8 heteroatoms. The number of benzene rings is 1. The molecular formula is C18H23N3O5. The van der Waals surface area contributed by atoms with Crippen molar-refractivity contribution in [2.75, 3.05) is 12.4 Å². The largest absolute Gasteiger partial charge is 0.467 e. The van der Waals surface area contributed by atoms with E-state index in [4.69, 9.17) is 4.74 Å². The lowest BCUT2D eigenvalue weighted by Gasteiger charge is -2.20. The van der Waals surface area contributed by atoms with Crippen LogP contribution >= 0.6 is 0 Å². The Morgan fingerprint density at radius 3 is 2.58 bits per heavy atom. The quantitative estimate of drug-likeness (QED) is 0.650. The number of hydrogen-bond acceptors (Lipinski definition) is 5. The van der Waals surface area contributed by atoms with E-state index in [2.05, 4.69) is 16.0 Å². The molecule has 0 fully saturated rings. The van der Waals surface area contributed by atoms with E-state index in [-0.39, 0.29) is 12.3 Å². The van der Waals surface area contributed by atoms with Crippen LogP contribution in [0.25, 0.3) is 0 Å². The van der Waals surface area contributed by atoms with Crippen molar-refractivity contribution in [1.82, 2.24) is 10.6 Å². The normalized spacial score (nSPS) is 17.5. The van der Waals surface area contributed by atoms with Crippen LogP contribution in [0, 0.1) is 5.92 Å². The van der Waals surface area contributed by atoms with Gasteiger partial charge in [0.05, 0.1) is 24.8 Å². The van der Waals surface area contributed by atoms with Crippen LogP contribution < -0.4 is 16.0 Å². The van der Waals surface area contributed by atoms with Gasteiger partial charge in [-0.15, -0.1) is 0 Å². The van der Waals surface area contributed by atoms with Crippen molar-refractivity contribution < 1.29 is 23.9 Å². The Bertz CT molecular complexity index is 717. The molecule has 0 unspecified atom stereocenters. The second-order valence-corrected chi connectivity index (χ2v) is 6.54. The Balaban J connectivity index is 2.05. The third-order valence-electron chi connectivity index (χ3n) is 3.97.